The van der Waals surface area contributed by atoms with Crippen molar-refractivity contribution in [3.63, 3.8) is 0 Å². The first-order chi connectivity index (χ1) is 43.1. The van der Waals surface area contributed by atoms with Crippen LogP contribution in [-0.2, 0) is 31.9 Å². The monoisotopic (exact) mass is 1240 g/mol. The largest absolute Gasteiger partial charge is 0.510 e. The van der Waals surface area contributed by atoms with E-state index in [1.54, 1.807) is 33.4 Å². The van der Waals surface area contributed by atoms with Gasteiger partial charge >= 0.3 is 0 Å². The van der Waals surface area contributed by atoms with Gasteiger partial charge in [0.05, 0.1) is 41.5 Å². The number of hydrogen-bond donors (Lipinski definition) is 0. The standard InChI is InChI=1S/C74H57N5O.Pt/c1-73(2,3)52-41-42-75-71(44-52)79-67-40-36-54(78-65-33-17-14-28-60(65)61-29-15-18-34-66(61)78)46-63(67)62-38-37-56(47-69(62)79)80-55-26-19-25-53(45-55)76-48-77(70-43-51(35-39-68(70)76)57-27-13-16-32-64(57)74(4,5)6)72-58(49-21-9-7-10-22-49)30-20-31-59(72)50-23-11-8-12-24-50;/h7-44,46H,1-6H3;/q-2;/i7D,8D,9D,10D,11D,12D,21D,22D,23D,24D;. The summed E-state index contributed by atoms with van der Waals surface area (Å²) in [7, 11) is 0. The molecule has 0 unspecified atom stereocenters. The Labute approximate surface area is 501 Å². The van der Waals surface area contributed by atoms with E-state index >= 15 is 0 Å². The normalized spacial score (nSPS) is 13.7. The van der Waals surface area contributed by atoms with Crippen LogP contribution in [0, 0.1) is 18.5 Å². The minimum atomic E-state index is -0.583. The molecule has 0 saturated heterocycles. The zero-order valence-corrected chi connectivity index (χ0v) is 47.5. The number of benzene rings is 10. The van der Waals surface area contributed by atoms with Gasteiger partial charge in [0.2, 0.25) is 0 Å². The molecule has 0 radical (unpaired) electrons. The molecule has 0 fully saturated rings. The predicted octanol–water partition coefficient (Wildman–Crippen LogP) is 18.3. The second-order valence-corrected chi connectivity index (χ2v) is 22.1. The van der Waals surface area contributed by atoms with Crippen LogP contribution in [-0.4, -0.2) is 18.7 Å². The van der Waals surface area contributed by atoms with Gasteiger partial charge in [-0.15, -0.1) is 29.7 Å². The number of para-hydroxylation sites is 3. The Morgan fingerprint density at radius 3 is 1.80 bits per heavy atom. The molecular weight excluding hydrogens is 1170 g/mol. The Hall–Kier alpha value is -9.09. The van der Waals surface area contributed by atoms with E-state index in [1.807, 2.05) is 54.7 Å². The van der Waals surface area contributed by atoms with Gasteiger partial charge in [-0.05, 0) is 115 Å². The molecule has 0 amide bonds. The number of rotatable bonds is 9. The molecule has 81 heavy (non-hydrogen) atoms. The molecule has 14 aromatic rings. The molecule has 0 N–H and O–H groups in total. The van der Waals surface area contributed by atoms with Crippen molar-refractivity contribution in [2.24, 2.45) is 0 Å². The summed E-state index contributed by atoms with van der Waals surface area (Å²) in [5.74, 6) is 1.47. The average molecular weight is 1240 g/mol. The summed E-state index contributed by atoms with van der Waals surface area (Å²) in [6, 6.07) is 57.8. The maximum atomic E-state index is 9.29. The summed E-state index contributed by atoms with van der Waals surface area (Å²) >= 11 is 0. The molecule has 396 valence electrons. The van der Waals surface area contributed by atoms with Crippen LogP contribution in [0.4, 0.5) is 0 Å². The van der Waals surface area contributed by atoms with Gasteiger partial charge in [-0.1, -0.05) is 198 Å². The third kappa shape index (κ3) is 9.05. The molecule has 0 saturated carbocycles. The second-order valence-electron chi connectivity index (χ2n) is 22.1. The summed E-state index contributed by atoms with van der Waals surface area (Å²) in [6.07, 6.45) is 5.40. The van der Waals surface area contributed by atoms with Crippen molar-refractivity contribution < 1.29 is 44.1 Å². The fraction of sp³-hybridized carbons (Fsp3) is 0.108. The molecule has 4 heterocycles. The summed E-state index contributed by atoms with van der Waals surface area (Å²) in [6.45, 7) is 13.0. The van der Waals surface area contributed by atoms with E-state index in [-0.39, 0.29) is 59.8 Å². The maximum Gasteiger partial charge on any atom is 0.268 e. The Balaban J connectivity index is 0.00000758. The third-order valence-electron chi connectivity index (χ3n) is 15.0. The van der Waals surface area contributed by atoms with E-state index in [0.717, 1.165) is 66.6 Å². The summed E-state index contributed by atoms with van der Waals surface area (Å²) < 4.78 is 104. The fourth-order valence-corrected chi connectivity index (χ4v) is 11.3. The quantitative estimate of drug-likeness (QED) is 0.107. The number of ether oxygens (including phenoxy) is 1. The van der Waals surface area contributed by atoms with E-state index < -0.39 is 60.4 Å². The Kier molecular flexibility index (Phi) is 10.2. The fourth-order valence-electron chi connectivity index (χ4n) is 11.3. The van der Waals surface area contributed by atoms with Gasteiger partial charge in [0.1, 0.15) is 5.82 Å². The van der Waals surface area contributed by atoms with Gasteiger partial charge in [0.15, 0.2) is 0 Å². The number of imidazole rings is 1. The SMILES string of the molecule is [2H]c1c([2H])c([2H])c(-c2cccc(-c3c([2H])c([2H])c([2H])c([2H])c3[2H])c2-[n+]2[c-]n(-c3[c-]c(Oc4[c-]c5c(cc4)c4cc(-n6c7ccccc7c7ccccc76)ccc4n5-c4cc(C(C)(C)C)ccn4)ccc3)c3ccc(-c4ccccc4C(C)(C)C)cc32)c([2H])c1[2H].[Pt]. The van der Waals surface area contributed by atoms with E-state index in [1.165, 1.54) is 10.8 Å². The minimum absolute atomic E-state index is 0. The Morgan fingerprint density at radius 2 is 1.11 bits per heavy atom. The molecule has 4 aromatic heterocycles. The molecule has 0 aliphatic heterocycles. The molecule has 0 bridgehead atoms. The van der Waals surface area contributed by atoms with Crippen LogP contribution in [0.3, 0.4) is 0 Å². The number of hydrogen-bond acceptors (Lipinski definition) is 2. The smallest absolute Gasteiger partial charge is 0.268 e. The van der Waals surface area contributed by atoms with Gasteiger partial charge in [0, 0.05) is 60.7 Å². The van der Waals surface area contributed by atoms with Crippen LogP contribution in [0.25, 0.3) is 111 Å². The third-order valence-corrected chi connectivity index (χ3v) is 15.0. The summed E-state index contributed by atoms with van der Waals surface area (Å²) in [5, 5.41) is 4.28. The van der Waals surface area contributed by atoms with Crippen molar-refractivity contribution in [2.45, 2.75) is 52.4 Å². The molecule has 10 aromatic carbocycles. The van der Waals surface area contributed by atoms with Crippen molar-refractivity contribution in [2.75, 3.05) is 0 Å². The summed E-state index contributed by atoms with van der Waals surface area (Å²) in [4.78, 5) is 4.98. The molecular formula is C74H57N5OPt-2. The van der Waals surface area contributed by atoms with E-state index in [4.69, 9.17) is 17.9 Å². The van der Waals surface area contributed by atoms with Crippen LogP contribution in [0.2, 0.25) is 0 Å². The van der Waals surface area contributed by atoms with Crippen molar-refractivity contribution in [1.82, 2.24) is 18.7 Å². The van der Waals surface area contributed by atoms with Crippen molar-refractivity contribution in [3.8, 4) is 67.8 Å². The van der Waals surface area contributed by atoms with Crippen LogP contribution < -0.4 is 9.30 Å². The van der Waals surface area contributed by atoms with Crippen molar-refractivity contribution in [1.29, 1.82) is 0 Å². The molecule has 7 heteroatoms. The Bertz CT molecular complexity index is 5150. The number of pyridine rings is 1. The molecule has 14 rings (SSSR count). The zero-order valence-electron chi connectivity index (χ0n) is 55.2. The van der Waals surface area contributed by atoms with Gasteiger partial charge < -0.3 is 18.4 Å². The van der Waals surface area contributed by atoms with E-state index in [0.29, 0.717) is 28.2 Å². The Morgan fingerprint density at radius 1 is 0.494 bits per heavy atom. The maximum absolute atomic E-state index is 9.29. The van der Waals surface area contributed by atoms with Crippen LogP contribution in [0.1, 0.15) is 66.4 Å². The first-order valence-corrected chi connectivity index (χ1v) is 26.6. The average Bonchev–Trinajstić information content (AvgIpc) is 1.66. The molecule has 0 aliphatic rings. The first kappa shape index (κ1) is 41.0. The van der Waals surface area contributed by atoms with Crippen molar-refractivity contribution in [3.05, 3.63) is 266 Å². The summed E-state index contributed by atoms with van der Waals surface area (Å²) in [5.41, 5.74) is 10.1. The van der Waals surface area contributed by atoms with E-state index in [9.17, 15) is 5.48 Å². The van der Waals surface area contributed by atoms with Gasteiger partial charge in [-0.3, -0.25) is 4.57 Å². The van der Waals surface area contributed by atoms with Gasteiger partial charge in [-0.25, -0.2) is 4.98 Å². The molecule has 6 nitrogen and oxygen atoms in total. The minimum Gasteiger partial charge on any atom is -0.510 e. The first-order valence-electron chi connectivity index (χ1n) is 31.6. The topological polar surface area (TPSA) is 40.8 Å². The van der Waals surface area contributed by atoms with Gasteiger partial charge in [0.25, 0.3) is 6.33 Å². The number of aromatic nitrogens is 5. The predicted molar refractivity (Wildman–Crippen MR) is 328 cm³/mol. The van der Waals surface area contributed by atoms with E-state index in [2.05, 4.69) is 166 Å². The van der Waals surface area contributed by atoms with Crippen LogP contribution in [0.5, 0.6) is 11.5 Å². The number of fused-ring (bicyclic) bond motifs is 7. The van der Waals surface area contributed by atoms with Crippen molar-refractivity contribution >= 4 is 54.6 Å². The zero-order chi connectivity index (χ0) is 63.0. The molecule has 0 atom stereocenters. The van der Waals surface area contributed by atoms with Crippen LogP contribution in [0.15, 0.2) is 236 Å². The molecule has 0 spiro atoms. The second kappa shape index (κ2) is 20.2. The molecule has 0 aliphatic carbocycles. The number of nitrogens with zero attached hydrogens (tertiary/aromatic N) is 5. The van der Waals surface area contributed by atoms with Crippen LogP contribution >= 0.6 is 0 Å². The van der Waals surface area contributed by atoms with Gasteiger partial charge in [-0.2, -0.15) is 18.2 Å².